The molecule has 1 heterocycles. The van der Waals surface area contributed by atoms with Crippen LogP contribution in [-0.2, 0) is 9.59 Å². The van der Waals surface area contributed by atoms with E-state index in [1.807, 2.05) is 0 Å². The standard InChI is InChI=1S/C25H21BrN4O5S/c1-35-21-11-15(5-10-20(21)32)14-27-29-25-30(18-3-2-4-19(31)12-18)24(34)22(36-25)13-23(33)28-17-8-6-16(26)7-9-17/h2-12,14,22,31-32H,13H2,1H3,(H,28,33). The molecule has 1 unspecified atom stereocenters. The van der Waals surface area contributed by atoms with Crippen LogP contribution < -0.4 is 15.0 Å². The molecule has 3 aromatic rings. The van der Waals surface area contributed by atoms with Crippen LogP contribution in [0.2, 0.25) is 0 Å². The van der Waals surface area contributed by atoms with Gasteiger partial charge in [0.15, 0.2) is 16.7 Å². The van der Waals surface area contributed by atoms with Crippen LogP contribution in [0.15, 0.2) is 81.4 Å². The Morgan fingerprint density at radius 1 is 1.17 bits per heavy atom. The van der Waals surface area contributed by atoms with Crippen molar-refractivity contribution in [1.29, 1.82) is 0 Å². The van der Waals surface area contributed by atoms with Gasteiger partial charge in [0.25, 0.3) is 0 Å². The van der Waals surface area contributed by atoms with Crippen molar-refractivity contribution in [2.24, 2.45) is 10.2 Å². The Bertz CT molecular complexity index is 1350. The molecule has 2 amide bonds. The molecule has 0 radical (unpaired) electrons. The third-order valence-corrected chi connectivity index (χ3v) is 6.73. The van der Waals surface area contributed by atoms with E-state index in [2.05, 4.69) is 31.4 Å². The molecule has 1 fully saturated rings. The van der Waals surface area contributed by atoms with E-state index in [9.17, 15) is 19.8 Å². The molecule has 1 aliphatic rings. The number of methoxy groups -OCH3 is 1. The number of thioether (sulfide) groups is 1. The van der Waals surface area contributed by atoms with Gasteiger partial charge in [0, 0.05) is 22.6 Å². The number of phenols is 2. The van der Waals surface area contributed by atoms with E-state index in [1.165, 1.54) is 36.4 Å². The highest BCUT2D eigenvalue weighted by Crippen LogP contribution is 2.35. The van der Waals surface area contributed by atoms with Crippen LogP contribution in [0, 0.1) is 0 Å². The van der Waals surface area contributed by atoms with Crippen molar-refractivity contribution in [2.75, 3.05) is 17.3 Å². The Morgan fingerprint density at radius 3 is 2.67 bits per heavy atom. The molecule has 0 aliphatic carbocycles. The van der Waals surface area contributed by atoms with Crippen LogP contribution in [0.25, 0.3) is 0 Å². The summed E-state index contributed by atoms with van der Waals surface area (Å²) in [6, 6.07) is 18.0. The molecular formula is C25H21BrN4O5S. The van der Waals surface area contributed by atoms with Crippen LogP contribution in [0.5, 0.6) is 17.2 Å². The average Bonchev–Trinajstić information content (AvgIpc) is 3.16. The van der Waals surface area contributed by atoms with Gasteiger partial charge in [-0.1, -0.05) is 33.8 Å². The van der Waals surface area contributed by atoms with Crippen LogP contribution in [0.1, 0.15) is 12.0 Å². The number of amides is 2. The fraction of sp³-hybridized carbons (Fsp3) is 0.120. The largest absolute Gasteiger partial charge is 0.508 e. The second-order valence-electron chi connectivity index (χ2n) is 7.62. The molecular weight excluding hydrogens is 548 g/mol. The van der Waals surface area contributed by atoms with Crippen molar-refractivity contribution in [2.45, 2.75) is 11.7 Å². The number of nitrogens with zero attached hydrogens (tertiary/aromatic N) is 3. The zero-order valence-electron chi connectivity index (χ0n) is 19.0. The minimum atomic E-state index is -0.731. The first kappa shape index (κ1) is 25.3. The second kappa shape index (κ2) is 11.3. The first-order valence-electron chi connectivity index (χ1n) is 10.7. The molecule has 11 heteroatoms. The highest BCUT2D eigenvalue weighted by molar-refractivity contribution is 9.10. The predicted octanol–water partition coefficient (Wildman–Crippen LogP) is 4.74. The summed E-state index contributed by atoms with van der Waals surface area (Å²) in [5, 5.41) is 30.3. The lowest BCUT2D eigenvalue weighted by molar-refractivity contribution is -0.121. The Kier molecular flexibility index (Phi) is 7.91. The van der Waals surface area contributed by atoms with Crippen molar-refractivity contribution >= 4 is 62.3 Å². The molecule has 1 saturated heterocycles. The maximum atomic E-state index is 13.3. The smallest absolute Gasteiger partial charge is 0.247 e. The van der Waals surface area contributed by atoms with Gasteiger partial charge in [0.2, 0.25) is 11.8 Å². The van der Waals surface area contributed by atoms with Crippen LogP contribution >= 0.6 is 27.7 Å². The topological polar surface area (TPSA) is 124 Å². The molecule has 0 bridgehead atoms. The Morgan fingerprint density at radius 2 is 1.94 bits per heavy atom. The van der Waals surface area contributed by atoms with E-state index in [0.29, 0.717) is 16.9 Å². The molecule has 0 spiro atoms. The van der Waals surface area contributed by atoms with Crippen molar-refractivity contribution < 1.29 is 24.5 Å². The Hall–Kier alpha value is -3.83. The molecule has 3 N–H and O–H groups in total. The van der Waals surface area contributed by atoms with Crippen LogP contribution in [0.3, 0.4) is 0 Å². The Labute approximate surface area is 219 Å². The third kappa shape index (κ3) is 6.04. The average molecular weight is 569 g/mol. The number of halogens is 1. The van der Waals surface area contributed by atoms with Gasteiger partial charge in [-0.15, -0.1) is 5.10 Å². The maximum absolute atomic E-state index is 13.3. The zero-order chi connectivity index (χ0) is 25.7. The highest BCUT2D eigenvalue weighted by Gasteiger charge is 2.40. The summed E-state index contributed by atoms with van der Waals surface area (Å²) in [5.41, 5.74) is 1.65. The molecule has 0 saturated carbocycles. The fourth-order valence-electron chi connectivity index (χ4n) is 3.37. The number of rotatable bonds is 7. The number of hydrogen-bond acceptors (Lipinski definition) is 8. The van der Waals surface area contributed by atoms with Gasteiger partial charge in [0.1, 0.15) is 11.0 Å². The molecule has 0 aromatic heterocycles. The summed E-state index contributed by atoms with van der Waals surface area (Å²) in [6.45, 7) is 0. The van der Waals surface area contributed by atoms with Gasteiger partial charge < -0.3 is 20.3 Å². The number of carbonyl (C=O) groups excluding carboxylic acids is 2. The Balaban J connectivity index is 1.56. The van der Waals surface area contributed by atoms with Gasteiger partial charge in [-0.2, -0.15) is 5.10 Å². The molecule has 3 aromatic carbocycles. The minimum Gasteiger partial charge on any atom is -0.508 e. The lowest BCUT2D eigenvalue weighted by atomic mass is 10.2. The lowest BCUT2D eigenvalue weighted by Crippen LogP contribution is -2.33. The number of benzene rings is 3. The van der Waals surface area contributed by atoms with Gasteiger partial charge in [0.05, 0.1) is 19.0 Å². The first-order chi connectivity index (χ1) is 17.3. The number of carbonyl (C=O) groups is 2. The predicted molar refractivity (Wildman–Crippen MR) is 144 cm³/mol. The molecule has 1 aliphatic heterocycles. The highest BCUT2D eigenvalue weighted by atomic mass is 79.9. The fourth-order valence-corrected chi connectivity index (χ4v) is 4.72. The third-order valence-electron chi connectivity index (χ3n) is 5.08. The van der Waals surface area contributed by atoms with E-state index >= 15 is 0 Å². The van der Waals surface area contributed by atoms with Gasteiger partial charge in [-0.3, -0.25) is 14.5 Å². The number of hydrogen-bond donors (Lipinski definition) is 3. The van der Waals surface area contributed by atoms with Crippen molar-refractivity contribution in [3.05, 3.63) is 76.8 Å². The number of aromatic hydroxyl groups is 2. The molecule has 36 heavy (non-hydrogen) atoms. The SMILES string of the molecule is COc1cc(C=NN=C2SC(CC(=O)Nc3ccc(Br)cc3)C(=O)N2c2cccc(O)c2)ccc1O. The van der Waals surface area contributed by atoms with Crippen molar-refractivity contribution in [1.82, 2.24) is 0 Å². The summed E-state index contributed by atoms with van der Waals surface area (Å²) >= 11 is 4.46. The van der Waals surface area contributed by atoms with E-state index in [-0.39, 0.29) is 40.7 Å². The maximum Gasteiger partial charge on any atom is 0.247 e. The summed E-state index contributed by atoms with van der Waals surface area (Å²) in [5.74, 6) is -0.398. The normalized spacial score (nSPS) is 16.6. The summed E-state index contributed by atoms with van der Waals surface area (Å²) in [4.78, 5) is 27.2. The molecule has 4 rings (SSSR count). The zero-order valence-corrected chi connectivity index (χ0v) is 21.4. The number of phenolic OH excluding ortho intramolecular Hbond substituents is 2. The first-order valence-corrected chi connectivity index (χ1v) is 12.3. The van der Waals surface area contributed by atoms with Crippen molar-refractivity contribution in [3.8, 4) is 17.2 Å². The van der Waals surface area contributed by atoms with E-state index in [0.717, 1.165) is 16.2 Å². The molecule has 9 nitrogen and oxygen atoms in total. The number of anilines is 2. The van der Waals surface area contributed by atoms with E-state index in [4.69, 9.17) is 4.74 Å². The monoisotopic (exact) mass is 568 g/mol. The van der Waals surface area contributed by atoms with Gasteiger partial charge in [-0.05, 0) is 60.2 Å². The van der Waals surface area contributed by atoms with Crippen LogP contribution in [-0.4, -0.2) is 45.8 Å². The second-order valence-corrected chi connectivity index (χ2v) is 9.70. The quantitative estimate of drug-likeness (QED) is 0.279. The minimum absolute atomic E-state index is 0.00257. The lowest BCUT2D eigenvalue weighted by Gasteiger charge is -2.16. The van der Waals surface area contributed by atoms with Crippen molar-refractivity contribution in [3.63, 3.8) is 0 Å². The van der Waals surface area contributed by atoms with Crippen LogP contribution in [0.4, 0.5) is 11.4 Å². The number of amidine groups is 1. The number of ether oxygens (including phenoxy) is 1. The van der Waals surface area contributed by atoms with E-state index < -0.39 is 5.25 Å². The summed E-state index contributed by atoms with van der Waals surface area (Å²) < 4.78 is 5.98. The molecule has 1 atom stereocenters. The van der Waals surface area contributed by atoms with Gasteiger partial charge >= 0.3 is 0 Å². The summed E-state index contributed by atoms with van der Waals surface area (Å²) in [6.07, 6.45) is 1.38. The summed E-state index contributed by atoms with van der Waals surface area (Å²) in [7, 11) is 1.44. The van der Waals surface area contributed by atoms with E-state index in [1.54, 1.807) is 48.5 Å². The van der Waals surface area contributed by atoms with Gasteiger partial charge in [-0.25, -0.2) is 0 Å². The molecule has 184 valence electrons. The number of nitrogens with one attached hydrogen (secondary N) is 1.